The molecule has 1 N–H and O–H groups in total. The van der Waals surface area contributed by atoms with E-state index in [9.17, 15) is 4.79 Å². The summed E-state index contributed by atoms with van der Waals surface area (Å²) in [5.41, 5.74) is 2.98. The maximum atomic E-state index is 12.6. The summed E-state index contributed by atoms with van der Waals surface area (Å²) >= 11 is 0. The van der Waals surface area contributed by atoms with E-state index in [1.165, 1.54) is 0 Å². The molecule has 0 aliphatic rings. The Morgan fingerprint density at radius 1 is 1.00 bits per heavy atom. The van der Waals surface area contributed by atoms with Crippen molar-refractivity contribution in [2.75, 3.05) is 17.3 Å². The number of anilines is 3. The van der Waals surface area contributed by atoms with Crippen molar-refractivity contribution in [3.63, 3.8) is 0 Å². The van der Waals surface area contributed by atoms with Crippen molar-refractivity contribution < 1.29 is 9.53 Å². The third-order valence-corrected chi connectivity index (χ3v) is 3.99. The minimum Gasteiger partial charge on any atom is -0.491 e. The van der Waals surface area contributed by atoms with Crippen LogP contribution >= 0.6 is 0 Å². The number of amides is 1. The number of carbonyl (C=O) groups excluding carboxylic acids is 1. The molecule has 138 valence electrons. The van der Waals surface area contributed by atoms with Gasteiger partial charge < -0.3 is 15.0 Å². The molecule has 0 saturated heterocycles. The topological polar surface area (TPSA) is 54.5 Å². The largest absolute Gasteiger partial charge is 0.491 e. The Morgan fingerprint density at radius 2 is 1.70 bits per heavy atom. The molecule has 0 bridgehead atoms. The van der Waals surface area contributed by atoms with Crippen molar-refractivity contribution in [2.45, 2.75) is 20.0 Å². The molecule has 27 heavy (non-hydrogen) atoms. The number of benzene rings is 2. The summed E-state index contributed by atoms with van der Waals surface area (Å²) in [6.45, 7) is 3.95. The van der Waals surface area contributed by atoms with Crippen LogP contribution in [0.25, 0.3) is 0 Å². The minimum atomic E-state index is -0.254. The molecule has 0 saturated carbocycles. The number of hydrogen-bond donors (Lipinski definition) is 1. The van der Waals surface area contributed by atoms with E-state index in [0.29, 0.717) is 11.4 Å². The third-order valence-electron chi connectivity index (χ3n) is 3.99. The first-order valence-electron chi connectivity index (χ1n) is 8.86. The lowest BCUT2D eigenvalue weighted by atomic mass is 10.2. The van der Waals surface area contributed by atoms with Crippen molar-refractivity contribution in [1.29, 1.82) is 0 Å². The van der Waals surface area contributed by atoms with Crippen LogP contribution in [-0.4, -0.2) is 24.0 Å². The lowest BCUT2D eigenvalue weighted by molar-refractivity contribution is 0.102. The van der Waals surface area contributed by atoms with Gasteiger partial charge in [-0.25, -0.2) is 0 Å². The first-order chi connectivity index (χ1) is 13.0. The molecule has 1 amide bonds. The summed E-state index contributed by atoms with van der Waals surface area (Å²) in [4.78, 5) is 18.8. The molecule has 0 radical (unpaired) electrons. The number of hydrogen-bond acceptors (Lipinski definition) is 4. The number of nitrogens with one attached hydrogen (secondary N) is 1. The zero-order valence-corrected chi connectivity index (χ0v) is 15.7. The van der Waals surface area contributed by atoms with E-state index in [-0.39, 0.29) is 12.0 Å². The molecule has 0 spiro atoms. The Balaban J connectivity index is 1.72. The number of para-hydroxylation sites is 1. The second-order valence-corrected chi connectivity index (χ2v) is 6.44. The van der Waals surface area contributed by atoms with Crippen LogP contribution in [0.1, 0.15) is 24.3 Å². The molecule has 5 heteroatoms. The van der Waals surface area contributed by atoms with E-state index in [0.717, 1.165) is 17.1 Å². The SMILES string of the molecule is CC(C)Oc1ccc(NC(=O)c2cc(N(C)c3ccccc3)ccn2)cc1. The molecule has 1 aromatic heterocycles. The quantitative estimate of drug-likeness (QED) is 0.679. The van der Waals surface area contributed by atoms with Gasteiger partial charge in [0.2, 0.25) is 0 Å². The minimum absolute atomic E-state index is 0.110. The second-order valence-electron chi connectivity index (χ2n) is 6.44. The highest BCUT2D eigenvalue weighted by atomic mass is 16.5. The predicted octanol–water partition coefficient (Wildman–Crippen LogP) is 4.89. The standard InChI is InChI=1S/C22H23N3O2/c1-16(2)27-20-11-9-17(10-12-20)24-22(26)21-15-19(13-14-23-21)25(3)18-7-5-4-6-8-18/h4-16H,1-3H3,(H,24,26). The first kappa shape index (κ1) is 18.5. The number of aromatic nitrogens is 1. The molecule has 0 aliphatic heterocycles. The van der Waals surface area contributed by atoms with E-state index in [1.54, 1.807) is 12.3 Å². The molecule has 1 heterocycles. The molecule has 0 fully saturated rings. The Hall–Kier alpha value is -3.34. The fourth-order valence-corrected chi connectivity index (χ4v) is 2.64. The van der Waals surface area contributed by atoms with Crippen LogP contribution < -0.4 is 15.0 Å². The second kappa shape index (κ2) is 8.36. The summed E-state index contributed by atoms with van der Waals surface area (Å²) in [6.07, 6.45) is 1.75. The number of carbonyl (C=O) groups is 1. The number of ether oxygens (including phenoxy) is 1. The van der Waals surface area contributed by atoms with Crippen molar-refractivity contribution >= 4 is 23.0 Å². The highest BCUT2D eigenvalue weighted by Gasteiger charge is 2.11. The smallest absolute Gasteiger partial charge is 0.274 e. The fraction of sp³-hybridized carbons (Fsp3) is 0.182. The van der Waals surface area contributed by atoms with Crippen molar-refractivity contribution in [3.8, 4) is 5.75 Å². The normalized spacial score (nSPS) is 10.5. The number of pyridine rings is 1. The van der Waals surface area contributed by atoms with Crippen LogP contribution in [0.4, 0.5) is 17.1 Å². The van der Waals surface area contributed by atoms with Gasteiger partial charge in [0, 0.05) is 30.3 Å². The molecule has 0 atom stereocenters. The number of rotatable bonds is 6. The molecule has 0 aliphatic carbocycles. The predicted molar refractivity (Wildman–Crippen MR) is 109 cm³/mol. The van der Waals surface area contributed by atoms with Crippen LogP contribution in [0.2, 0.25) is 0 Å². The molecule has 3 rings (SSSR count). The Bertz CT molecular complexity index is 893. The van der Waals surface area contributed by atoms with Crippen molar-refractivity contribution in [3.05, 3.63) is 78.6 Å². The average Bonchev–Trinajstić information content (AvgIpc) is 2.69. The maximum Gasteiger partial charge on any atom is 0.274 e. The van der Waals surface area contributed by atoms with Gasteiger partial charge in [0.25, 0.3) is 5.91 Å². The zero-order chi connectivity index (χ0) is 19.2. The lowest BCUT2D eigenvalue weighted by Crippen LogP contribution is -2.15. The molecule has 5 nitrogen and oxygen atoms in total. The van der Waals surface area contributed by atoms with E-state index < -0.39 is 0 Å². The van der Waals surface area contributed by atoms with Crippen LogP contribution in [0.3, 0.4) is 0 Å². The van der Waals surface area contributed by atoms with Crippen LogP contribution in [-0.2, 0) is 0 Å². The van der Waals surface area contributed by atoms with E-state index in [2.05, 4.69) is 10.3 Å². The Kier molecular flexibility index (Phi) is 5.71. The summed E-state index contributed by atoms with van der Waals surface area (Å²) in [7, 11) is 1.96. The highest BCUT2D eigenvalue weighted by Crippen LogP contribution is 2.23. The molecular weight excluding hydrogens is 338 g/mol. The Labute approximate surface area is 159 Å². The summed E-state index contributed by atoms with van der Waals surface area (Å²) < 4.78 is 5.61. The van der Waals surface area contributed by atoms with Crippen molar-refractivity contribution in [1.82, 2.24) is 4.98 Å². The number of nitrogens with zero attached hydrogens (tertiary/aromatic N) is 2. The van der Waals surface area contributed by atoms with Gasteiger partial charge in [-0.15, -0.1) is 0 Å². The van der Waals surface area contributed by atoms with Crippen molar-refractivity contribution in [2.24, 2.45) is 0 Å². The van der Waals surface area contributed by atoms with Gasteiger partial charge in [0.05, 0.1) is 6.10 Å². The van der Waals surface area contributed by atoms with Gasteiger partial charge in [-0.05, 0) is 62.4 Å². The molecule has 3 aromatic rings. The van der Waals surface area contributed by atoms with Crippen LogP contribution in [0.15, 0.2) is 72.9 Å². The lowest BCUT2D eigenvalue weighted by Gasteiger charge is -2.19. The van der Waals surface area contributed by atoms with E-state index in [1.807, 2.05) is 86.5 Å². The van der Waals surface area contributed by atoms with E-state index >= 15 is 0 Å². The van der Waals surface area contributed by atoms with Crippen LogP contribution in [0, 0.1) is 0 Å². The molecule has 2 aromatic carbocycles. The summed E-state index contributed by atoms with van der Waals surface area (Å²) in [5.74, 6) is 0.517. The van der Waals surface area contributed by atoms with Gasteiger partial charge in [-0.2, -0.15) is 0 Å². The van der Waals surface area contributed by atoms with Gasteiger partial charge >= 0.3 is 0 Å². The Morgan fingerprint density at radius 3 is 2.37 bits per heavy atom. The van der Waals surface area contributed by atoms with Gasteiger partial charge in [-0.1, -0.05) is 18.2 Å². The summed E-state index contributed by atoms with van der Waals surface area (Å²) in [5, 5.41) is 2.87. The molecule has 0 unspecified atom stereocenters. The average molecular weight is 361 g/mol. The monoisotopic (exact) mass is 361 g/mol. The fourth-order valence-electron chi connectivity index (χ4n) is 2.64. The molecular formula is C22H23N3O2. The zero-order valence-electron chi connectivity index (χ0n) is 15.7. The van der Waals surface area contributed by atoms with Crippen LogP contribution in [0.5, 0.6) is 5.75 Å². The van der Waals surface area contributed by atoms with Gasteiger partial charge in [-0.3, -0.25) is 9.78 Å². The summed E-state index contributed by atoms with van der Waals surface area (Å²) in [6, 6.07) is 20.9. The first-order valence-corrected chi connectivity index (χ1v) is 8.86. The maximum absolute atomic E-state index is 12.6. The third kappa shape index (κ3) is 4.85. The van der Waals surface area contributed by atoms with Gasteiger partial charge in [0.15, 0.2) is 0 Å². The van der Waals surface area contributed by atoms with E-state index in [4.69, 9.17) is 4.74 Å². The highest BCUT2D eigenvalue weighted by molar-refractivity contribution is 6.03. The van der Waals surface area contributed by atoms with Gasteiger partial charge in [0.1, 0.15) is 11.4 Å².